The SMILES string of the molecule is C=CCOCCC=N. The molecule has 2 nitrogen and oxygen atoms in total. The number of hydrogen-bond acceptors (Lipinski definition) is 2. The molecule has 0 spiro atoms. The third-order valence-electron chi connectivity index (χ3n) is 0.642. The van der Waals surface area contributed by atoms with E-state index >= 15 is 0 Å². The molecule has 1 N–H and O–H groups in total. The monoisotopic (exact) mass is 113 g/mol. The summed E-state index contributed by atoms with van der Waals surface area (Å²) in [4.78, 5) is 0. The van der Waals surface area contributed by atoms with Crippen LogP contribution < -0.4 is 0 Å². The standard InChI is InChI=1S/C6H11NO/c1-2-5-8-6-3-4-7/h2,4,7H,1,3,5-6H2. The Morgan fingerprint density at radius 3 is 2.88 bits per heavy atom. The van der Waals surface area contributed by atoms with Crippen LogP contribution in [-0.4, -0.2) is 19.4 Å². The highest BCUT2D eigenvalue weighted by Gasteiger charge is 1.78. The molecule has 2 heteroatoms. The number of ether oxygens (including phenoxy) is 1. The maximum atomic E-state index is 6.61. The quantitative estimate of drug-likeness (QED) is 0.324. The van der Waals surface area contributed by atoms with Crippen LogP contribution in [0.15, 0.2) is 12.7 Å². The molecule has 0 atom stereocenters. The highest BCUT2D eigenvalue weighted by Crippen LogP contribution is 1.77. The van der Waals surface area contributed by atoms with Crippen LogP contribution in [0.5, 0.6) is 0 Å². The topological polar surface area (TPSA) is 33.1 Å². The highest BCUT2D eigenvalue weighted by molar-refractivity contribution is 5.52. The van der Waals surface area contributed by atoms with Crippen LogP contribution in [0.25, 0.3) is 0 Å². The molecular formula is C6H11NO. The molecule has 0 heterocycles. The van der Waals surface area contributed by atoms with Crippen molar-refractivity contribution in [1.82, 2.24) is 0 Å². The Labute approximate surface area is 49.7 Å². The Balaban J connectivity index is 2.71. The van der Waals surface area contributed by atoms with E-state index in [0.29, 0.717) is 19.6 Å². The molecule has 0 aromatic rings. The third-order valence-corrected chi connectivity index (χ3v) is 0.642. The van der Waals surface area contributed by atoms with Crippen molar-refractivity contribution in [2.24, 2.45) is 0 Å². The fraction of sp³-hybridized carbons (Fsp3) is 0.500. The van der Waals surface area contributed by atoms with E-state index in [0.717, 1.165) is 0 Å². The van der Waals surface area contributed by atoms with Gasteiger partial charge in [0.05, 0.1) is 13.2 Å². The summed E-state index contributed by atoms with van der Waals surface area (Å²) in [5, 5.41) is 6.61. The van der Waals surface area contributed by atoms with Gasteiger partial charge in [-0.3, -0.25) is 0 Å². The summed E-state index contributed by atoms with van der Waals surface area (Å²) in [6, 6.07) is 0. The molecule has 0 saturated heterocycles. The summed E-state index contributed by atoms with van der Waals surface area (Å²) in [6.45, 7) is 4.70. The lowest BCUT2D eigenvalue weighted by atomic mass is 10.5. The Kier molecular flexibility index (Phi) is 5.87. The van der Waals surface area contributed by atoms with E-state index < -0.39 is 0 Å². The molecule has 0 aromatic carbocycles. The predicted octanol–water partition coefficient (Wildman–Crippen LogP) is 1.23. The minimum absolute atomic E-state index is 0.591. The van der Waals surface area contributed by atoms with Crippen LogP contribution in [0.1, 0.15) is 6.42 Å². The Bertz CT molecular complexity index is 60.9. The van der Waals surface area contributed by atoms with Gasteiger partial charge in [-0.1, -0.05) is 6.08 Å². The molecule has 0 aliphatic carbocycles. The van der Waals surface area contributed by atoms with E-state index in [4.69, 9.17) is 10.1 Å². The van der Waals surface area contributed by atoms with Gasteiger partial charge in [-0.2, -0.15) is 0 Å². The maximum Gasteiger partial charge on any atom is 0.0644 e. The van der Waals surface area contributed by atoms with Crippen molar-refractivity contribution >= 4 is 6.21 Å². The molecule has 0 saturated carbocycles. The zero-order valence-corrected chi connectivity index (χ0v) is 4.89. The second kappa shape index (κ2) is 6.37. The summed E-state index contributed by atoms with van der Waals surface area (Å²) >= 11 is 0. The number of hydrogen-bond donors (Lipinski definition) is 1. The third kappa shape index (κ3) is 5.37. The van der Waals surface area contributed by atoms with Crippen molar-refractivity contribution in [3.63, 3.8) is 0 Å². The largest absolute Gasteiger partial charge is 0.377 e. The first-order valence-corrected chi connectivity index (χ1v) is 2.59. The minimum Gasteiger partial charge on any atom is -0.377 e. The van der Waals surface area contributed by atoms with Crippen molar-refractivity contribution in [2.45, 2.75) is 6.42 Å². The first-order valence-electron chi connectivity index (χ1n) is 2.59. The first-order chi connectivity index (χ1) is 3.91. The normalized spacial score (nSPS) is 8.50. The molecule has 0 fully saturated rings. The van der Waals surface area contributed by atoms with Gasteiger partial charge in [0.1, 0.15) is 0 Å². The van der Waals surface area contributed by atoms with Crippen molar-refractivity contribution in [1.29, 1.82) is 5.41 Å². The number of rotatable bonds is 5. The van der Waals surface area contributed by atoms with Crippen LogP contribution in [0.4, 0.5) is 0 Å². The lowest BCUT2D eigenvalue weighted by molar-refractivity contribution is 0.171. The van der Waals surface area contributed by atoms with Gasteiger partial charge in [0.25, 0.3) is 0 Å². The smallest absolute Gasteiger partial charge is 0.0644 e. The summed E-state index contributed by atoms with van der Waals surface area (Å²) < 4.78 is 4.95. The Morgan fingerprint density at radius 1 is 1.62 bits per heavy atom. The van der Waals surface area contributed by atoms with Crippen LogP contribution in [0.3, 0.4) is 0 Å². The zero-order chi connectivity index (χ0) is 6.24. The van der Waals surface area contributed by atoms with E-state index in [9.17, 15) is 0 Å². The molecule has 0 aromatic heterocycles. The van der Waals surface area contributed by atoms with Gasteiger partial charge >= 0.3 is 0 Å². The van der Waals surface area contributed by atoms with E-state index in [1.54, 1.807) is 6.08 Å². The van der Waals surface area contributed by atoms with Crippen molar-refractivity contribution in [3.8, 4) is 0 Å². The predicted molar refractivity (Wildman–Crippen MR) is 34.4 cm³/mol. The molecule has 0 aliphatic heterocycles. The van der Waals surface area contributed by atoms with E-state index in [-0.39, 0.29) is 0 Å². The average molecular weight is 113 g/mol. The molecule has 0 aliphatic rings. The molecule has 0 radical (unpaired) electrons. The van der Waals surface area contributed by atoms with E-state index in [1.807, 2.05) is 0 Å². The highest BCUT2D eigenvalue weighted by atomic mass is 16.5. The summed E-state index contributed by atoms with van der Waals surface area (Å²) in [7, 11) is 0. The fourth-order valence-electron chi connectivity index (χ4n) is 0.309. The van der Waals surface area contributed by atoms with Crippen molar-refractivity contribution in [3.05, 3.63) is 12.7 Å². The van der Waals surface area contributed by atoms with Gasteiger partial charge in [-0.05, 0) is 6.21 Å². The molecule has 0 unspecified atom stereocenters. The summed E-state index contributed by atoms with van der Waals surface area (Å²) in [6.07, 6.45) is 3.74. The zero-order valence-electron chi connectivity index (χ0n) is 4.89. The maximum absolute atomic E-state index is 6.61. The van der Waals surface area contributed by atoms with Crippen LogP contribution >= 0.6 is 0 Å². The van der Waals surface area contributed by atoms with Crippen molar-refractivity contribution < 1.29 is 4.74 Å². The van der Waals surface area contributed by atoms with Gasteiger partial charge in [0, 0.05) is 6.42 Å². The second-order valence-corrected chi connectivity index (χ2v) is 1.36. The van der Waals surface area contributed by atoms with Crippen LogP contribution in [0.2, 0.25) is 0 Å². The minimum atomic E-state index is 0.591. The van der Waals surface area contributed by atoms with Gasteiger partial charge in [0.2, 0.25) is 0 Å². The Hall–Kier alpha value is -0.630. The molecule has 0 rings (SSSR count). The van der Waals surface area contributed by atoms with Gasteiger partial charge < -0.3 is 10.1 Å². The second-order valence-electron chi connectivity index (χ2n) is 1.36. The Morgan fingerprint density at radius 2 is 2.38 bits per heavy atom. The van der Waals surface area contributed by atoms with Crippen LogP contribution in [0, 0.1) is 5.41 Å². The summed E-state index contributed by atoms with van der Waals surface area (Å²) in [5.41, 5.74) is 0. The fourth-order valence-corrected chi connectivity index (χ4v) is 0.309. The average Bonchev–Trinajstić information content (AvgIpc) is 1.81. The van der Waals surface area contributed by atoms with E-state index in [1.165, 1.54) is 6.21 Å². The van der Waals surface area contributed by atoms with Gasteiger partial charge in [0.15, 0.2) is 0 Å². The van der Waals surface area contributed by atoms with E-state index in [2.05, 4.69) is 6.58 Å². The lowest BCUT2D eigenvalue weighted by Gasteiger charge is -1.93. The first kappa shape index (κ1) is 7.37. The van der Waals surface area contributed by atoms with Gasteiger partial charge in [-0.15, -0.1) is 6.58 Å². The molecule has 46 valence electrons. The molecule has 0 bridgehead atoms. The van der Waals surface area contributed by atoms with Gasteiger partial charge in [-0.25, -0.2) is 0 Å². The lowest BCUT2D eigenvalue weighted by Crippen LogP contribution is -1.93. The molecule has 0 amide bonds. The van der Waals surface area contributed by atoms with Crippen LogP contribution in [-0.2, 0) is 4.74 Å². The number of nitrogens with one attached hydrogen (secondary N) is 1. The van der Waals surface area contributed by atoms with Crippen molar-refractivity contribution in [2.75, 3.05) is 13.2 Å². The summed E-state index contributed by atoms with van der Waals surface area (Å²) in [5.74, 6) is 0. The molecular weight excluding hydrogens is 102 g/mol. The molecule has 8 heavy (non-hydrogen) atoms.